The lowest BCUT2D eigenvalue weighted by molar-refractivity contribution is 0.0945. The molecule has 0 bridgehead atoms. The summed E-state index contributed by atoms with van der Waals surface area (Å²) in [4.78, 5) is 25.1. The molecule has 1 amide bonds. The maximum Gasteiger partial charge on any atom is 0.270 e. The maximum atomic E-state index is 12.5. The molecule has 2 N–H and O–H groups in total. The van der Waals surface area contributed by atoms with Crippen LogP contribution in [0.4, 0.5) is 11.5 Å². The predicted octanol–water partition coefficient (Wildman–Crippen LogP) is 4.15. The summed E-state index contributed by atoms with van der Waals surface area (Å²) < 4.78 is 0. The van der Waals surface area contributed by atoms with Gasteiger partial charge in [0.05, 0.1) is 0 Å². The summed E-state index contributed by atoms with van der Waals surface area (Å²) in [6, 6.07) is 13.6. The van der Waals surface area contributed by atoms with Gasteiger partial charge in [-0.2, -0.15) is 0 Å². The first kappa shape index (κ1) is 19.5. The summed E-state index contributed by atoms with van der Waals surface area (Å²) in [6.45, 7) is 8.73. The topological polar surface area (TPSA) is 79.8 Å². The van der Waals surface area contributed by atoms with E-state index < -0.39 is 0 Å². The van der Waals surface area contributed by atoms with E-state index in [-0.39, 0.29) is 11.3 Å². The van der Waals surface area contributed by atoms with Gasteiger partial charge in [0.1, 0.15) is 17.3 Å². The van der Waals surface area contributed by atoms with Crippen molar-refractivity contribution in [1.29, 1.82) is 0 Å². The van der Waals surface area contributed by atoms with Crippen molar-refractivity contribution >= 4 is 17.4 Å². The van der Waals surface area contributed by atoms with Crippen LogP contribution < -0.4 is 10.6 Å². The van der Waals surface area contributed by atoms with E-state index in [1.165, 1.54) is 5.56 Å². The van der Waals surface area contributed by atoms with Gasteiger partial charge in [-0.15, -0.1) is 0 Å². The summed E-state index contributed by atoms with van der Waals surface area (Å²) in [7, 11) is 0. The molecule has 0 radical (unpaired) electrons. The van der Waals surface area contributed by atoms with Crippen LogP contribution in [0.3, 0.4) is 0 Å². The van der Waals surface area contributed by atoms with E-state index in [0.717, 1.165) is 11.3 Å². The highest BCUT2D eigenvalue weighted by molar-refractivity contribution is 5.93. The summed E-state index contributed by atoms with van der Waals surface area (Å²) in [5.74, 6) is 0.879. The molecular formula is C22H25N5O. The van der Waals surface area contributed by atoms with Gasteiger partial charge in [0.15, 0.2) is 0 Å². The molecule has 144 valence electrons. The number of hydrogen-bond acceptors (Lipinski definition) is 5. The van der Waals surface area contributed by atoms with Crippen LogP contribution in [0.1, 0.15) is 48.2 Å². The minimum absolute atomic E-state index is 0.101. The zero-order valence-electron chi connectivity index (χ0n) is 16.7. The third-order valence-corrected chi connectivity index (χ3v) is 4.30. The van der Waals surface area contributed by atoms with Crippen molar-refractivity contribution in [3.63, 3.8) is 0 Å². The molecule has 0 aliphatic heterocycles. The average Bonchev–Trinajstić information content (AvgIpc) is 2.66. The van der Waals surface area contributed by atoms with Gasteiger partial charge in [-0.1, -0.05) is 32.9 Å². The van der Waals surface area contributed by atoms with Crippen LogP contribution in [-0.4, -0.2) is 20.9 Å². The van der Waals surface area contributed by atoms with Crippen LogP contribution in [0, 0.1) is 6.92 Å². The van der Waals surface area contributed by atoms with Gasteiger partial charge in [-0.25, -0.2) is 9.97 Å². The molecule has 2 heterocycles. The van der Waals surface area contributed by atoms with Gasteiger partial charge in [-0.3, -0.25) is 9.78 Å². The Bertz CT molecular complexity index is 947. The summed E-state index contributed by atoms with van der Waals surface area (Å²) >= 11 is 0. The van der Waals surface area contributed by atoms with Crippen molar-refractivity contribution in [3.05, 3.63) is 77.5 Å². The minimum Gasteiger partial charge on any atom is -0.347 e. The molecule has 6 nitrogen and oxygen atoms in total. The number of nitrogens with zero attached hydrogens (tertiary/aromatic N) is 3. The molecule has 0 saturated carbocycles. The lowest BCUT2D eigenvalue weighted by Crippen LogP contribution is -2.24. The number of pyridine rings is 1. The average molecular weight is 375 g/mol. The number of amides is 1. The summed E-state index contributed by atoms with van der Waals surface area (Å²) in [6.07, 6.45) is 3.40. The van der Waals surface area contributed by atoms with Crippen molar-refractivity contribution in [2.45, 2.75) is 39.7 Å². The number of aromatic nitrogens is 3. The highest BCUT2D eigenvalue weighted by atomic mass is 16.1. The fourth-order valence-corrected chi connectivity index (χ4v) is 2.72. The first-order valence-electron chi connectivity index (χ1n) is 9.21. The first-order valence-corrected chi connectivity index (χ1v) is 9.21. The molecule has 3 aromatic rings. The van der Waals surface area contributed by atoms with E-state index in [2.05, 4.69) is 58.5 Å². The Hall–Kier alpha value is -3.28. The lowest BCUT2D eigenvalue weighted by atomic mass is 9.87. The SMILES string of the molecule is Cc1nc(Nc2ccc(C(C)(C)C)cc2)cc(C(=O)NCc2ccncc2)n1. The first-order chi connectivity index (χ1) is 13.3. The van der Waals surface area contributed by atoms with Crippen molar-refractivity contribution in [2.75, 3.05) is 5.32 Å². The van der Waals surface area contributed by atoms with Gasteiger partial charge < -0.3 is 10.6 Å². The van der Waals surface area contributed by atoms with Crippen LogP contribution in [0.15, 0.2) is 54.9 Å². The molecule has 3 rings (SSSR count). The summed E-state index contributed by atoms with van der Waals surface area (Å²) in [5.41, 5.74) is 3.58. The number of anilines is 2. The molecule has 0 atom stereocenters. The standard InChI is InChI=1S/C22H25N5O/c1-15-25-19(21(28)24-14-16-9-11-23-12-10-16)13-20(26-15)27-18-7-5-17(6-8-18)22(2,3)4/h5-13H,14H2,1-4H3,(H,24,28)(H,25,26,27). The third kappa shape index (κ3) is 5.13. The molecule has 0 spiro atoms. The monoisotopic (exact) mass is 375 g/mol. The Kier molecular flexibility index (Phi) is 5.68. The second-order valence-corrected chi connectivity index (χ2v) is 7.68. The van der Waals surface area contributed by atoms with Gasteiger partial charge in [0, 0.05) is 30.7 Å². The van der Waals surface area contributed by atoms with E-state index in [1.54, 1.807) is 25.4 Å². The molecular weight excluding hydrogens is 350 g/mol. The fourth-order valence-electron chi connectivity index (χ4n) is 2.72. The number of carbonyl (C=O) groups is 1. The van der Waals surface area contributed by atoms with E-state index in [4.69, 9.17) is 0 Å². The van der Waals surface area contributed by atoms with Crippen LogP contribution in [0.2, 0.25) is 0 Å². The van der Waals surface area contributed by atoms with Crippen LogP contribution in [0.5, 0.6) is 0 Å². The minimum atomic E-state index is -0.242. The van der Waals surface area contributed by atoms with Crippen LogP contribution >= 0.6 is 0 Å². The predicted molar refractivity (Wildman–Crippen MR) is 111 cm³/mol. The number of rotatable bonds is 5. The highest BCUT2D eigenvalue weighted by Crippen LogP contribution is 2.24. The number of aryl methyl sites for hydroxylation is 1. The molecule has 0 aliphatic rings. The van der Waals surface area contributed by atoms with Gasteiger partial charge in [0.25, 0.3) is 5.91 Å². The van der Waals surface area contributed by atoms with Gasteiger partial charge >= 0.3 is 0 Å². The van der Waals surface area contributed by atoms with Crippen molar-refractivity contribution < 1.29 is 4.79 Å². The molecule has 6 heteroatoms. The lowest BCUT2D eigenvalue weighted by Gasteiger charge is -2.19. The Morgan fingerprint density at radius 3 is 2.32 bits per heavy atom. The number of hydrogen-bond donors (Lipinski definition) is 2. The van der Waals surface area contributed by atoms with Crippen LogP contribution in [0.25, 0.3) is 0 Å². The Labute approximate surface area is 165 Å². The molecule has 2 aromatic heterocycles. The Morgan fingerprint density at radius 1 is 1.00 bits per heavy atom. The summed E-state index contributed by atoms with van der Waals surface area (Å²) in [5, 5.41) is 6.13. The smallest absolute Gasteiger partial charge is 0.270 e. The number of nitrogens with one attached hydrogen (secondary N) is 2. The zero-order valence-corrected chi connectivity index (χ0v) is 16.7. The van der Waals surface area contributed by atoms with E-state index >= 15 is 0 Å². The van der Waals surface area contributed by atoms with E-state index in [9.17, 15) is 4.79 Å². The molecule has 0 unspecified atom stereocenters. The quantitative estimate of drug-likeness (QED) is 0.700. The number of carbonyl (C=O) groups excluding carboxylic acids is 1. The van der Waals surface area contributed by atoms with Crippen molar-refractivity contribution in [1.82, 2.24) is 20.3 Å². The highest BCUT2D eigenvalue weighted by Gasteiger charge is 2.14. The molecule has 1 aromatic carbocycles. The number of benzene rings is 1. The maximum absolute atomic E-state index is 12.5. The largest absolute Gasteiger partial charge is 0.347 e. The van der Waals surface area contributed by atoms with E-state index in [1.807, 2.05) is 24.3 Å². The van der Waals surface area contributed by atoms with Gasteiger partial charge in [0.2, 0.25) is 0 Å². The van der Waals surface area contributed by atoms with Crippen molar-refractivity contribution in [3.8, 4) is 0 Å². The van der Waals surface area contributed by atoms with Crippen molar-refractivity contribution in [2.24, 2.45) is 0 Å². The Balaban J connectivity index is 1.71. The molecule has 0 saturated heterocycles. The molecule has 0 aliphatic carbocycles. The second kappa shape index (κ2) is 8.17. The molecule has 0 fully saturated rings. The third-order valence-electron chi connectivity index (χ3n) is 4.30. The fraction of sp³-hybridized carbons (Fsp3) is 0.273. The normalized spacial score (nSPS) is 11.1. The second-order valence-electron chi connectivity index (χ2n) is 7.68. The molecule has 28 heavy (non-hydrogen) atoms. The van der Waals surface area contributed by atoms with Crippen LogP contribution in [-0.2, 0) is 12.0 Å². The zero-order chi connectivity index (χ0) is 20.1. The Morgan fingerprint density at radius 2 is 1.68 bits per heavy atom. The van der Waals surface area contributed by atoms with E-state index in [0.29, 0.717) is 23.9 Å². The van der Waals surface area contributed by atoms with Gasteiger partial charge in [-0.05, 0) is 47.7 Å².